The number of benzene rings is 1. The van der Waals surface area contributed by atoms with Gasteiger partial charge >= 0.3 is 5.97 Å². The van der Waals surface area contributed by atoms with Crippen molar-refractivity contribution < 1.29 is 24.2 Å². The van der Waals surface area contributed by atoms with E-state index in [1.165, 1.54) is 0 Å². The zero-order chi connectivity index (χ0) is 20.1. The van der Waals surface area contributed by atoms with E-state index in [0.29, 0.717) is 18.9 Å². The van der Waals surface area contributed by atoms with Gasteiger partial charge in [-0.05, 0) is 38.9 Å². The number of likely N-dealkylation sites (tertiary alicyclic amines) is 1. The van der Waals surface area contributed by atoms with Crippen molar-refractivity contribution in [3.63, 3.8) is 0 Å². The Balaban J connectivity index is 0.00000300. The Bertz CT molecular complexity index is 696. The molecule has 2 atom stereocenters. The molecule has 8 nitrogen and oxygen atoms in total. The van der Waals surface area contributed by atoms with Crippen LogP contribution in [0.3, 0.4) is 0 Å². The number of carboxylic acids is 1. The second-order valence-corrected chi connectivity index (χ2v) is 7.49. The smallest absolute Gasteiger partial charge is 0.317 e. The first-order valence-corrected chi connectivity index (χ1v) is 9.76. The van der Waals surface area contributed by atoms with E-state index in [2.05, 4.69) is 10.2 Å². The number of carbonyl (C=O) groups is 2. The van der Waals surface area contributed by atoms with Gasteiger partial charge < -0.3 is 19.9 Å². The SMILES string of the molecule is CC(C(=O)NCC1COc2ccccc2O1)N1CCC(N(C)CC(=O)O)CC1.Cl. The highest BCUT2D eigenvalue weighted by Crippen LogP contribution is 2.30. The van der Waals surface area contributed by atoms with E-state index in [-0.39, 0.29) is 43.0 Å². The summed E-state index contributed by atoms with van der Waals surface area (Å²) in [5, 5.41) is 11.9. The van der Waals surface area contributed by atoms with Gasteiger partial charge in [-0.15, -0.1) is 12.4 Å². The van der Waals surface area contributed by atoms with Gasteiger partial charge in [-0.2, -0.15) is 0 Å². The average molecular weight is 428 g/mol. The highest BCUT2D eigenvalue weighted by molar-refractivity contribution is 5.85. The van der Waals surface area contributed by atoms with Gasteiger partial charge in [0.1, 0.15) is 12.7 Å². The maximum atomic E-state index is 12.6. The number of para-hydroxylation sites is 2. The second-order valence-electron chi connectivity index (χ2n) is 7.49. The van der Waals surface area contributed by atoms with E-state index < -0.39 is 5.97 Å². The zero-order valence-electron chi connectivity index (χ0n) is 16.9. The molecule has 2 aliphatic heterocycles. The molecule has 9 heteroatoms. The number of hydrogen-bond donors (Lipinski definition) is 2. The van der Waals surface area contributed by atoms with Crippen LogP contribution in [0, 0.1) is 0 Å². The Hall–Kier alpha value is -2.03. The number of fused-ring (bicyclic) bond motifs is 1. The van der Waals surface area contributed by atoms with E-state index in [1.54, 1.807) is 0 Å². The number of piperidine rings is 1. The Morgan fingerprint density at radius 3 is 2.59 bits per heavy atom. The van der Waals surface area contributed by atoms with E-state index in [1.807, 2.05) is 43.1 Å². The van der Waals surface area contributed by atoms with E-state index in [9.17, 15) is 9.59 Å². The van der Waals surface area contributed by atoms with Crippen molar-refractivity contribution in [1.82, 2.24) is 15.1 Å². The molecule has 1 aromatic carbocycles. The lowest BCUT2D eigenvalue weighted by Gasteiger charge is -2.38. The number of nitrogens with one attached hydrogen (secondary N) is 1. The monoisotopic (exact) mass is 427 g/mol. The standard InChI is InChI=1S/C20H29N3O5.ClH/c1-14(23-9-7-15(8-10-23)22(2)12-19(24)25)20(26)21-11-16-13-27-17-5-3-4-6-18(17)28-16;/h3-6,14-16H,7-13H2,1-2H3,(H,21,26)(H,24,25);1H. The number of hydrogen-bond acceptors (Lipinski definition) is 6. The molecule has 0 aromatic heterocycles. The summed E-state index contributed by atoms with van der Waals surface area (Å²) < 4.78 is 11.5. The van der Waals surface area contributed by atoms with E-state index >= 15 is 0 Å². The highest BCUT2D eigenvalue weighted by atomic mass is 35.5. The lowest BCUT2D eigenvalue weighted by atomic mass is 10.0. The third kappa shape index (κ3) is 6.22. The normalized spacial score (nSPS) is 20.6. The number of rotatable bonds is 7. The van der Waals surface area contributed by atoms with Crippen LogP contribution in [0.5, 0.6) is 11.5 Å². The number of carboxylic acid groups (broad SMARTS) is 1. The van der Waals surface area contributed by atoms with Gasteiger partial charge in [-0.3, -0.25) is 19.4 Å². The minimum atomic E-state index is -0.811. The summed E-state index contributed by atoms with van der Waals surface area (Å²) in [4.78, 5) is 27.4. The molecule has 0 spiro atoms. The first-order chi connectivity index (χ1) is 13.4. The summed E-state index contributed by atoms with van der Waals surface area (Å²) >= 11 is 0. The van der Waals surface area contributed by atoms with Crippen LogP contribution >= 0.6 is 12.4 Å². The van der Waals surface area contributed by atoms with Gasteiger partial charge in [0, 0.05) is 19.1 Å². The van der Waals surface area contributed by atoms with Crippen LogP contribution in [0.4, 0.5) is 0 Å². The first kappa shape index (κ1) is 23.3. The van der Waals surface area contributed by atoms with Crippen molar-refractivity contribution in [2.24, 2.45) is 0 Å². The van der Waals surface area contributed by atoms with Crippen LogP contribution in [-0.4, -0.2) is 84.8 Å². The largest absolute Gasteiger partial charge is 0.486 e. The molecule has 2 unspecified atom stereocenters. The lowest BCUT2D eigenvalue weighted by molar-refractivity contribution is -0.138. The van der Waals surface area contributed by atoms with Gasteiger partial charge in [0.2, 0.25) is 5.91 Å². The summed E-state index contributed by atoms with van der Waals surface area (Å²) in [5.41, 5.74) is 0. The van der Waals surface area contributed by atoms with Crippen molar-refractivity contribution in [2.75, 3.05) is 39.8 Å². The fourth-order valence-electron chi connectivity index (χ4n) is 3.75. The number of nitrogens with zero attached hydrogens (tertiary/aromatic N) is 2. The van der Waals surface area contributed by atoms with Crippen molar-refractivity contribution in [1.29, 1.82) is 0 Å². The maximum absolute atomic E-state index is 12.6. The predicted molar refractivity (Wildman–Crippen MR) is 111 cm³/mol. The fraction of sp³-hybridized carbons (Fsp3) is 0.600. The van der Waals surface area contributed by atoms with Crippen molar-refractivity contribution in [3.05, 3.63) is 24.3 Å². The molecule has 2 aliphatic rings. The van der Waals surface area contributed by atoms with Crippen molar-refractivity contribution in [3.8, 4) is 11.5 Å². The molecule has 2 N–H and O–H groups in total. The number of halogens is 1. The van der Waals surface area contributed by atoms with Gasteiger partial charge in [0.15, 0.2) is 11.5 Å². The van der Waals surface area contributed by atoms with E-state index in [4.69, 9.17) is 14.6 Å². The molecule has 1 saturated heterocycles. The topological polar surface area (TPSA) is 91.3 Å². The Labute approximate surface area is 177 Å². The van der Waals surface area contributed by atoms with Crippen LogP contribution in [-0.2, 0) is 9.59 Å². The number of ether oxygens (including phenoxy) is 2. The molecule has 1 aromatic rings. The number of aliphatic carboxylic acids is 1. The summed E-state index contributed by atoms with van der Waals surface area (Å²) in [6.45, 7) is 4.32. The van der Waals surface area contributed by atoms with Crippen molar-refractivity contribution >= 4 is 24.3 Å². The maximum Gasteiger partial charge on any atom is 0.317 e. The summed E-state index contributed by atoms with van der Waals surface area (Å²) in [6, 6.07) is 7.52. The average Bonchev–Trinajstić information content (AvgIpc) is 2.71. The van der Waals surface area contributed by atoms with E-state index in [0.717, 1.165) is 31.7 Å². The third-order valence-corrected chi connectivity index (χ3v) is 5.51. The quantitative estimate of drug-likeness (QED) is 0.676. The van der Waals surface area contributed by atoms with Crippen molar-refractivity contribution in [2.45, 2.75) is 38.0 Å². The molecule has 2 heterocycles. The molecule has 0 saturated carbocycles. The first-order valence-electron chi connectivity index (χ1n) is 9.76. The number of carbonyl (C=O) groups excluding carboxylic acids is 1. The van der Waals surface area contributed by atoms with Gasteiger partial charge in [-0.25, -0.2) is 0 Å². The fourth-order valence-corrected chi connectivity index (χ4v) is 3.75. The summed E-state index contributed by atoms with van der Waals surface area (Å²) in [6.07, 6.45) is 1.51. The molecule has 0 bridgehead atoms. The van der Waals surface area contributed by atoms with Crippen LogP contribution < -0.4 is 14.8 Å². The minimum Gasteiger partial charge on any atom is -0.486 e. The second kappa shape index (κ2) is 10.7. The molecular weight excluding hydrogens is 398 g/mol. The predicted octanol–water partition coefficient (Wildman–Crippen LogP) is 1.23. The minimum absolute atomic E-state index is 0. The van der Waals surface area contributed by atoms with Gasteiger partial charge in [0.05, 0.1) is 19.1 Å². The van der Waals surface area contributed by atoms with Crippen LogP contribution in [0.2, 0.25) is 0 Å². The molecule has 0 radical (unpaired) electrons. The summed E-state index contributed by atoms with van der Waals surface area (Å²) in [5.74, 6) is 0.594. The van der Waals surface area contributed by atoms with Gasteiger partial charge in [0.25, 0.3) is 0 Å². The molecule has 1 amide bonds. The Morgan fingerprint density at radius 1 is 1.28 bits per heavy atom. The molecule has 162 valence electrons. The Kier molecular flexibility index (Phi) is 8.55. The summed E-state index contributed by atoms with van der Waals surface area (Å²) in [7, 11) is 1.84. The molecule has 29 heavy (non-hydrogen) atoms. The molecular formula is C20H30ClN3O5. The number of likely N-dealkylation sites (N-methyl/N-ethyl adjacent to an activating group) is 1. The molecule has 1 fully saturated rings. The van der Waals surface area contributed by atoms with Gasteiger partial charge in [-0.1, -0.05) is 12.1 Å². The lowest BCUT2D eigenvalue weighted by Crippen LogP contribution is -2.53. The highest BCUT2D eigenvalue weighted by Gasteiger charge is 2.29. The Morgan fingerprint density at radius 2 is 1.93 bits per heavy atom. The zero-order valence-corrected chi connectivity index (χ0v) is 17.7. The van der Waals surface area contributed by atoms with Crippen LogP contribution in [0.1, 0.15) is 19.8 Å². The number of amides is 1. The molecule has 3 rings (SSSR count). The molecule has 0 aliphatic carbocycles. The third-order valence-electron chi connectivity index (χ3n) is 5.51. The van der Waals surface area contributed by atoms with Crippen LogP contribution in [0.15, 0.2) is 24.3 Å². The van der Waals surface area contributed by atoms with Crippen LogP contribution in [0.25, 0.3) is 0 Å².